The Kier molecular flexibility index (Phi) is 2.59. The lowest BCUT2D eigenvalue weighted by molar-refractivity contribution is 0.747. The Morgan fingerprint density at radius 1 is 0.850 bits per heavy atom. The number of hydrogen-bond donors (Lipinski definition) is 0. The van der Waals surface area contributed by atoms with Crippen LogP contribution in [0.25, 0.3) is 16.7 Å². The molecule has 1 aliphatic heterocycles. The second-order valence-electron chi connectivity index (χ2n) is 5.09. The molecule has 0 saturated carbocycles. The molecule has 2 nitrogen and oxygen atoms in total. The third-order valence-corrected chi connectivity index (χ3v) is 3.94. The van der Waals surface area contributed by atoms with E-state index < -0.39 is 0 Å². The van der Waals surface area contributed by atoms with E-state index in [2.05, 4.69) is 64.6 Å². The van der Waals surface area contributed by atoms with E-state index in [0.717, 1.165) is 6.42 Å². The molecule has 0 amide bonds. The van der Waals surface area contributed by atoms with Crippen molar-refractivity contribution in [1.82, 2.24) is 0 Å². The first-order valence-electron chi connectivity index (χ1n) is 6.87. The van der Waals surface area contributed by atoms with Gasteiger partial charge in [-0.3, -0.25) is 4.99 Å². The molecule has 1 atom stereocenters. The van der Waals surface area contributed by atoms with Crippen molar-refractivity contribution in [2.45, 2.75) is 12.5 Å². The summed E-state index contributed by atoms with van der Waals surface area (Å²) in [5.41, 5.74) is 6.26. The minimum atomic E-state index is 0.159. The van der Waals surface area contributed by atoms with Crippen molar-refractivity contribution in [3.8, 4) is 11.1 Å². The Morgan fingerprint density at radius 2 is 1.60 bits per heavy atom. The van der Waals surface area contributed by atoms with Crippen molar-refractivity contribution in [2.24, 2.45) is 9.98 Å². The van der Waals surface area contributed by atoms with Crippen LogP contribution in [0, 0.1) is 0 Å². The van der Waals surface area contributed by atoms with Gasteiger partial charge in [-0.1, -0.05) is 54.6 Å². The van der Waals surface area contributed by atoms with Gasteiger partial charge >= 0.3 is 0 Å². The number of aliphatic imine (C=N–C) groups is 2. The van der Waals surface area contributed by atoms with Crippen LogP contribution in [0.1, 0.15) is 23.6 Å². The zero-order valence-corrected chi connectivity index (χ0v) is 11.0. The Hall–Kier alpha value is -2.48. The average Bonchev–Trinajstić information content (AvgIpc) is 2.47. The number of allylic oxidation sites excluding steroid dienone is 1. The lowest BCUT2D eigenvalue weighted by Gasteiger charge is -2.22. The molecule has 0 N–H and O–H groups in total. The second kappa shape index (κ2) is 4.57. The molecular weight excluding hydrogens is 244 g/mol. The molecule has 1 heterocycles. The molecule has 0 fully saturated rings. The molecule has 2 aromatic carbocycles. The van der Waals surface area contributed by atoms with Crippen LogP contribution < -0.4 is 0 Å². The summed E-state index contributed by atoms with van der Waals surface area (Å²) in [6, 6.07) is 17.3. The Morgan fingerprint density at radius 3 is 2.50 bits per heavy atom. The summed E-state index contributed by atoms with van der Waals surface area (Å²) >= 11 is 0. The van der Waals surface area contributed by atoms with E-state index in [9.17, 15) is 0 Å². The van der Waals surface area contributed by atoms with Crippen molar-refractivity contribution in [2.75, 3.05) is 0 Å². The van der Waals surface area contributed by atoms with Gasteiger partial charge in [0.05, 0.1) is 6.04 Å². The quantitative estimate of drug-likeness (QED) is 0.673. The fourth-order valence-electron chi connectivity index (χ4n) is 2.97. The van der Waals surface area contributed by atoms with Crippen molar-refractivity contribution in [3.63, 3.8) is 0 Å². The molecule has 2 aromatic rings. The van der Waals surface area contributed by atoms with Gasteiger partial charge in [0.25, 0.3) is 0 Å². The van der Waals surface area contributed by atoms with Crippen molar-refractivity contribution < 1.29 is 0 Å². The number of benzene rings is 2. The maximum atomic E-state index is 4.59. The van der Waals surface area contributed by atoms with Gasteiger partial charge in [0, 0.05) is 6.21 Å². The summed E-state index contributed by atoms with van der Waals surface area (Å²) in [6.07, 6.45) is 6.76. The summed E-state index contributed by atoms with van der Waals surface area (Å²) in [7, 11) is 0. The van der Waals surface area contributed by atoms with E-state index in [1.807, 2.05) is 6.21 Å². The maximum Gasteiger partial charge on any atom is 0.110 e. The van der Waals surface area contributed by atoms with Crippen molar-refractivity contribution >= 4 is 18.1 Å². The lowest BCUT2D eigenvalue weighted by Crippen LogP contribution is -2.05. The topological polar surface area (TPSA) is 24.7 Å². The van der Waals surface area contributed by atoms with E-state index >= 15 is 0 Å². The summed E-state index contributed by atoms with van der Waals surface area (Å²) in [4.78, 5) is 8.89. The third kappa shape index (κ3) is 1.73. The van der Waals surface area contributed by atoms with Gasteiger partial charge in [0.2, 0.25) is 0 Å². The molecule has 0 saturated heterocycles. The summed E-state index contributed by atoms with van der Waals surface area (Å²) in [6.45, 7) is 0. The first-order valence-corrected chi connectivity index (χ1v) is 6.87. The highest BCUT2D eigenvalue weighted by molar-refractivity contribution is 6.14. The molecule has 0 spiro atoms. The fourth-order valence-corrected chi connectivity index (χ4v) is 2.97. The summed E-state index contributed by atoms with van der Waals surface area (Å²) < 4.78 is 0. The highest BCUT2D eigenvalue weighted by Crippen LogP contribution is 2.39. The minimum absolute atomic E-state index is 0.159. The van der Waals surface area contributed by atoms with Gasteiger partial charge in [-0.2, -0.15) is 0 Å². The van der Waals surface area contributed by atoms with Crippen LogP contribution in [-0.4, -0.2) is 12.6 Å². The molecule has 1 unspecified atom stereocenters. The summed E-state index contributed by atoms with van der Waals surface area (Å²) in [5.74, 6) is 0. The van der Waals surface area contributed by atoms with E-state index in [4.69, 9.17) is 0 Å². The van der Waals surface area contributed by atoms with E-state index in [1.165, 1.54) is 27.8 Å². The molecule has 2 aliphatic rings. The molecule has 96 valence electrons. The van der Waals surface area contributed by atoms with Crippen molar-refractivity contribution in [1.29, 1.82) is 0 Å². The van der Waals surface area contributed by atoms with E-state index in [1.54, 1.807) is 6.34 Å². The second-order valence-corrected chi connectivity index (χ2v) is 5.09. The SMILES string of the molecule is C1=N\C=N/C2C/C=C/1c1ccccc1-c1ccccc12. The molecule has 1 aliphatic carbocycles. The Bertz CT molecular complexity index is 754. The van der Waals surface area contributed by atoms with Crippen molar-refractivity contribution in [3.05, 3.63) is 65.7 Å². The third-order valence-electron chi connectivity index (χ3n) is 3.94. The minimum Gasteiger partial charge on any atom is -0.265 e. The fraction of sp³-hybridized carbons (Fsp3) is 0.111. The molecule has 20 heavy (non-hydrogen) atoms. The van der Waals surface area contributed by atoms with Gasteiger partial charge in [0.1, 0.15) is 6.34 Å². The highest BCUT2D eigenvalue weighted by atomic mass is 14.9. The summed E-state index contributed by atoms with van der Waals surface area (Å²) in [5, 5.41) is 0. The standard InChI is InChI=1S/C18H14N2/c1-2-6-15-14(5-1)13-9-10-18(20-12-19-11-13)17-8-4-3-7-16(15)17/h1-9,11-12,18H,10H2/b13-9-,19-11-,20-12-. The number of fused-ring (bicyclic) bond motifs is 7. The van der Waals surface area contributed by atoms with Crippen LogP contribution in [0.2, 0.25) is 0 Å². The predicted octanol–water partition coefficient (Wildman–Crippen LogP) is 4.29. The largest absolute Gasteiger partial charge is 0.265 e. The number of nitrogens with zero attached hydrogens (tertiary/aromatic N) is 2. The zero-order valence-electron chi connectivity index (χ0n) is 11.0. The number of rotatable bonds is 0. The first kappa shape index (κ1) is 11.4. The molecule has 4 rings (SSSR count). The van der Waals surface area contributed by atoms with Gasteiger partial charge in [-0.15, -0.1) is 0 Å². The first-order chi connectivity index (χ1) is 9.93. The van der Waals surface area contributed by atoms with Crippen LogP contribution in [0.4, 0.5) is 0 Å². The van der Waals surface area contributed by atoms with Crippen LogP contribution in [-0.2, 0) is 0 Å². The Labute approximate surface area is 118 Å². The molecular formula is C18H14N2. The molecule has 2 heteroatoms. The normalized spacial score (nSPS) is 25.0. The maximum absolute atomic E-state index is 4.59. The monoisotopic (exact) mass is 258 g/mol. The van der Waals surface area contributed by atoms with Gasteiger partial charge in [0.15, 0.2) is 0 Å². The lowest BCUT2D eigenvalue weighted by atomic mass is 9.85. The van der Waals surface area contributed by atoms with Gasteiger partial charge in [-0.05, 0) is 34.2 Å². The predicted molar refractivity (Wildman–Crippen MR) is 84.2 cm³/mol. The van der Waals surface area contributed by atoms with Gasteiger partial charge < -0.3 is 0 Å². The highest BCUT2D eigenvalue weighted by Gasteiger charge is 2.20. The molecule has 0 radical (unpaired) electrons. The Balaban J connectivity index is 2.09. The van der Waals surface area contributed by atoms with Gasteiger partial charge in [-0.25, -0.2) is 4.99 Å². The van der Waals surface area contributed by atoms with Crippen LogP contribution in [0.3, 0.4) is 0 Å². The van der Waals surface area contributed by atoms with Crippen LogP contribution >= 0.6 is 0 Å². The molecule has 0 aromatic heterocycles. The zero-order chi connectivity index (χ0) is 13.4. The smallest absolute Gasteiger partial charge is 0.110 e. The van der Waals surface area contributed by atoms with E-state index in [0.29, 0.717) is 0 Å². The van der Waals surface area contributed by atoms with Crippen LogP contribution in [0.15, 0.2) is 64.6 Å². The average molecular weight is 258 g/mol. The number of hydrogen-bond acceptors (Lipinski definition) is 2. The molecule has 2 bridgehead atoms. The van der Waals surface area contributed by atoms with E-state index in [-0.39, 0.29) is 6.04 Å². The van der Waals surface area contributed by atoms with Crippen LogP contribution in [0.5, 0.6) is 0 Å².